The molecule has 5 atom stereocenters. The molecule has 0 aromatic heterocycles. The number of nitrogens with one attached hydrogen (secondary N) is 3. The molecule has 2 heterocycles. The Kier molecular flexibility index (Phi) is 8.45. The zero-order valence-corrected chi connectivity index (χ0v) is 16.7. The molecule has 0 aromatic carbocycles. The van der Waals surface area contributed by atoms with Gasteiger partial charge in [-0.1, -0.05) is 0 Å². The van der Waals surface area contributed by atoms with Gasteiger partial charge < -0.3 is 35.8 Å². The molecule has 15 nitrogen and oxygen atoms in total. The number of carboxylic acid groups (broad SMARTS) is 2. The summed E-state index contributed by atoms with van der Waals surface area (Å²) in [5.41, 5.74) is 0. The Hall–Kier alpha value is -3.30. The van der Waals surface area contributed by atoms with E-state index in [0.29, 0.717) is 0 Å². The van der Waals surface area contributed by atoms with Gasteiger partial charge in [-0.25, -0.2) is 9.59 Å². The van der Waals surface area contributed by atoms with Crippen molar-refractivity contribution in [2.75, 3.05) is 13.1 Å². The van der Waals surface area contributed by atoms with Gasteiger partial charge in [-0.15, -0.1) is 0 Å². The number of hydrogen-bond donors (Lipinski definition) is 7. The minimum atomic E-state index is -1.65. The Labute approximate surface area is 180 Å². The lowest BCUT2D eigenvalue weighted by Gasteiger charge is -2.32. The number of imide groups is 1. The molecule has 178 valence electrons. The lowest BCUT2D eigenvalue weighted by molar-refractivity contribution is -0.147. The fourth-order valence-corrected chi connectivity index (χ4v) is 3.16. The predicted molar refractivity (Wildman–Crippen MR) is 99.6 cm³/mol. The van der Waals surface area contributed by atoms with Crippen LogP contribution in [0.5, 0.6) is 0 Å². The minimum absolute atomic E-state index is 0.0391. The summed E-state index contributed by atoms with van der Waals surface area (Å²) in [6.07, 6.45) is -7.10. The van der Waals surface area contributed by atoms with Crippen molar-refractivity contribution in [3.63, 3.8) is 0 Å². The molecule has 0 aromatic rings. The SMILES string of the molecule is O=C(O)C[C@H](NC(=O)CCCNC(=O)[C@H]1O[C@@H](N2CCC(=O)NC2=O)[C@H](O)[C@@H]1O)C(=O)O. The first kappa shape index (κ1) is 25.0. The van der Waals surface area contributed by atoms with E-state index in [-0.39, 0.29) is 32.4 Å². The number of aliphatic hydroxyl groups is 2. The molecule has 7 N–H and O–H groups in total. The maximum Gasteiger partial charge on any atom is 0.326 e. The number of carboxylic acids is 2. The molecule has 2 aliphatic rings. The average molecular weight is 460 g/mol. The molecule has 32 heavy (non-hydrogen) atoms. The van der Waals surface area contributed by atoms with E-state index in [2.05, 4.69) is 10.6 Å². The van der Waals surface area contributed by atoms with Gasteiger partial charge in [0.2, 0.25) is 11.8 Å². The molecule has 5 amide bonds. The first-order chi connectivity index (χ1) is 15.0. The van der Waals surface area contributed by atoms with Crippen LogP contribution in [-0.4, -0.2) is 105 Å². The van der Waals surface area contributed by atoms with Crippen LogP contribution in [0.15, 0.2) is 0 Å². The average Bonchev–Trinajstić information content (AvgIpc) is 2.99. The van der Waals surface area contributed by atoms with Crippen molar-refractivity contribution in [2.24, 2.45) is 0 Å². The lowest BCUT2D eigenvalue weighted by Crippen LogP contribution is -2.56. The molecule has 15 heteroatoms. The van der Waals surface area contributed by atoms with E-state index < -0.39 is 72.7 Å². The third kappa shape index (κ3) is 6.35. The molecule has 2 fully saturated rings. The van der Waals surface area contributed by atoms with Crippen LogP contribution in [0.25, 0.3) is 0 Å². The van der Waals surface area contributed by atoms with Crippen LogP contribution in [0.2, 0.25) is 0 Å². The van der Waals surface area contributed by atoms with Crippen LogP contribution in [-0.2, 0) is 28.7 Å². The van der Waals surface area contributed by atoms with E-state index in [0.717, 1.165) is 4.90 Å². The van der Waals surface area contributed by atoms with Crippen molar-refractivity contribution >= 4 is 35.7 Å². The van der Waals surface area contributed by atoms with Crippen molar-refractivity contribution < 1.29 is 53.9 Å². The molecule has 0 unspecified atom stereocenters. The Balaban J connectivity index is 1.78. The first-order valence-corrected chi connectivity index (χ1v) is 9.65. The molecule has 0 bridgehead atoms. The van der Waals surface area contributed by atoms with E-state index in [9.17, 15) is 39.0 Å². The number of carbonyl (C=O) groups excluding carboxylic acids is 4. The highest BCUT2D eigenvalue weighted by molar-refractivity contribution is 5.96. The highest BCUT2D eigenvalue weighted by atomic mass is 16.6. The third-order valence-electron chi connectivity index (χ3n) is 4.78. The van der Waals surface area contributed by atoms with Crippen LogP contribution in [0.3, 0.4) is 0 Å². The normalized spacial score (nSPS) is 26.2. The molecular weight excluding hydrogens is 436 g/mol. The molecule has 0 aliphatic carbocycles. The summed E-state index contributed by atoms with van der Waals surface area (Å²) in [7, 11) is 0. The van der Waals surface area contributed by atoms with Gasteiger partial charge in [0.05, 0.1) is 6.42 Å². The van der Waals surface area contributed by atoms with Crippen molar-refractivity contribution in [3.8, 4) is 0 Å². The molecule has 0 radical (unpaired) electrons. The van der Waals surface area contributed by atoms with Crippen LogP contribution >= 0.6 is 0 Å². The molecule has 2 aliphatic heterocycles. The van der Waals surface area contributed by atoms with Crippen LogP contribution in [0.4, 0.5) is 4.79 Å². The van der Waals surface area contributed by atoms with Crippen LogP contribution in [0.1, 0.15) is 25.7 Å². The second-order valence-electron chi connectivity index (χ2n) is 7.18. The van der Waals surface area contributed by atoms with E-state index in [4.69, 9.17) is 14.9 Å². The van der Waals surface area contributed by atoms with E-state index >= 15 is 0 Å². The summed E-state index contributed by atoms with van der Waals surface area (Å²) in [6, 6.07) is -2.41. The Morgan fingerprint density at radius 1 is 1.16 bits per heavy atom. The highest BCUT2D eigenvalue weighted by Gasteiger charge is 2.50. The standard InChI is InChI=1S/C17H24N4O11/c22-8(19-7(16(29)30)6-10(24)25)2-1-4-18-14(28)13-11(26)12(27)15(32-13)21-5-3-9(23)20-17(21)31/h7,11-13,15,26-27H,1-6H2,(H,18,28)(H,19,22)(H,24,25)(H,29,30)(H,20,23,31)/t7-,11-,12+,13-,15+/m0/s1. The molecule has 2 saturated heterocycles. The number of nitrogens with zero attached hydrogens (tertiary/aromatic N) is 1. The maximum absolute atomic E-state index is 12.3. The zero-order chi connectivity index (χ0) is 24.0. The van der Waals surface area contributed by atoms with Crippen molar-refractivity contribution in [3.05, 3.63) is 0 Å². The van der Waals surface area contributed by atoms with Gasteiger partial charge in [-0.3, -0.25) is 29.4 Å². The summed E-state index contributed by atoms with van der Waals surface area (Å²) >= 11 is 0. The topological polar surface area (TPSA) is 232 Å². The molecule has 0 spiro atoms. The van der Waals surface area contributed by atoms with Gasteiger partial charge in [0, 0.05) is 25.9 Å². The number of rotatable bonds is 10. The van der Waals surface area contributed by atoms with Gasteiger partial charge in [-0.2, -0.15) is 0 Å². The number of aliphatic hydroxyl groups excluding tert-OH is 2. The predicted octanol–water partition coefficient (Wildman–Crippen LogP) is -3.68. The van der Waals surface area contributed by atoms with Crippen molar-refractivity contribution in [1.29, 1.82) is 0 Å². The second-order valence-corrected chi connectivity index (χ2v) is 7.18. The number of aliphatic carboxylic acids is 2. The van der Waals surface area contributed by atoms with E-state index in [1.165, 1.54) is 0 Å². The number of urea groups is 1. The van der Waals surface area contributed by atoms with Gasteiger partial charge in [-0.05, 0) is 6.42 Å². The molecule has 0 saturated carbocycles. The quantitative estimate of drug-likeness (QED) is 0.157. The summed E-state index contributed by atoms with van der Waals surface area (Å²) < 4.78 is 5.33. The third-order valence-corrected chi connectivity index (χ3v) is 4.78. The Morgan fingerprint density at radius 3 is 2.44 bits per heavy atom. The fraction of sp³-hybridized carbons (Fsp3) is 0.647. The monoisotopic (exact) mass is 460 g/mol. The van der Waals surface area contributed by atoms with Crippen LogP contribution in [0, 0.1) is 0 Å². The van der Waals surface area contributed by atoms with Crippen LogP contribution < -0.4 is 16.0 Å². The van der Waals surface area contributed by atoms with E-state index in [1.54, 1.807) is 0 Å². The number of carbonyl (C=O) groups is 6. The smallest absolute Gasteiger partial charge is 0.326 e. The number of ether oxygens (including phenoxy) is 1. The first-order valence-electron chi connectivity index (χ1n) is 9.65. The summed E-state index contributed by atoms with van der Waals surface area (Å²) in [6.45, 7) is -0.142. The largest absolute Gasteiger partial charge is 0.481 e. The summed E-state index contributed by atoms with van der Waals surface area (Å²) in [5, 5.41) is 44.3. The minimum Gasteiger partial charge on any atom is -0.481 e. The van der Waals surface area contributed by atoms with Gasteiger partial charge >= 0.3 is 18.0 Å². The van der Waals surface area contributed by atoms with Gasteiger partial charge in [0.25, 0.3) is 5.91 Å². The highest BCUT2D eigenvalue weighted by Crippen LogP contribution is 2.25. The Bertz CT molecular complexity index is 788. The molecular formula is C17H24N4O11. The zero-order valence-electron chi connectivity index (χ0n) is 16.7. The maximum atomic E-state index is 12.3. The fourth-order valence-electron chi connectivity index (χ4n) is 3.16. The van der Waals surface area contributed by atoms with Crippen molar-refractivity contribution in [1.82, 2.24) is 20.9 Å². The van der Waals surface area contributed by atoms with Gasteiger partial charge in [0.1, 0.15) is 18.2 Å². The number of hydrogen-bond acceptors (Lipinski definition) is 9. The Morgan fingerprint density at radius 2 is 1.84 bits per heavy atom. The number of amides is 5. The second kappa shape index (κ2) is 10.8. The summed E-state index contributed by atoms with van der Waals surface area (Å²) in [4.78, 5) is 69.7. The lowest BCUT2D eigenvalue weighted by atomic mass is 10.1. The van der Waals surface area contributed by atoms with E-state index in [1.807, 2.05) is 5.32 Å². The van der Waals surface area contributed by atoms with Crippen molar-refractivity contribution in [2.45, 2.75) is 56.3 Å². The van der Waals surface area contributed by atoms with Gasteiger partial charge in [0.15, 0.2) is 12.3 Å². The molecule has 2 rings (SSSR count). The summed E-state index contributed by atoms with van der Waals surface area (Å²) in [5.74, 6) is -4.95.